The molecule has 70 valence electrons. The van der Waals surface area contributed by atoms with Crippen LogP contribution in [0.1, 0.15) is 19.8 Å². The van der Waals surface area contributed by atoms with Gasteiger partial charge in [-0.25, -0.2) is 0 Å². The summed E-state index contributed by atoms with van der Waals surface area (Å²) in [7, 11) is 0. The lowest BCUT2D eigenvalue weighted by Gasteiger charge is -2.12. The van der Waals surface area contributed by atoms with Crippen LogP contribution in [0.3, 0.4) is 0 Å². The first kappa shape index (κ1) is 11.2. The van der Waals surface area contributed by atoms with E-state index >= 15 is 0 Å². The number of hydrogen-bond acceptors (Lipinski definition) is 1. The van der Waals surface area contributed by atoms with Crippen LogP contribution in [0.2, 0.25) is 0 Å². The number of carbonyl (C=O) groups excluding carboxylic acids is 1. The molecule has 0 aromatic carbocycles. The molecule has 1 rings (SSSR count). The minimum atomic E-state index is 0. The van der Waals surface area contributed by atoms with Crippen molar-refractivity contribution < 1.29 is 10.3 Å². The molecule has 2 N–H and O–H groups in total. The molecule has 0 radical (unpaired) electrons. The molecule has 3 heteroatoms. The lowest BCUT2D eigenvalue weighted by atomic mass is 10.1. The Morgan fingerprint density at radius 1 is 1.75 bits per heavy atom. The van der Waals surface area contributed by atoms with E-state index < -0.39 is 0 Å². The molecule has 1 amide bonds. The molecule has 0 bridgehead atoms. The van der Waals surface area contributed by atoms with Gasteiger partial charge in [0.05, 0.1) is 0 Å². The van der Waals surface area contributed by atoms with Gasteiger partial charge in [-0.05, 0) is 18.4 Å². The molecule has 0 aliphatic carbocycles. The van der Waals surface area contributed by atoms with Gasteiger partial charge in [-0.3, -0.25) is 4.79 Å². The smallest absolute Gasteiger partial charge is 0.245 e. The van der Waals surface area contributed by atoms with Crippen LogP contribution in [0.5, 0.6) is 0 Å². The van der Waals surface area contributed by atoms with Crippen LogP contribution in [0.25, 0.3) is 0 Å². The average Bonchev–Trinajstić information content (AvgIpc) is 2.50. The van der Waals surface area contributed by atoms with Crippen LogP contribution in [-0.4, -0.2) is 29.4 Å². The summed E-state index contributed by atoms with van der Waals surface area (Å²) in [5, 5.41) is 0. The number of nitrogens with zero attached hydrogens (tertiary/aromatic N) is 1. The minimum absolute atomic E-state index is 0. The van der Waals surface area contributed by atoms with E-state index in [0.717, 1.165) is 25.4 Å². The topological polar surface area (TPSA) is 51.8 Å². The van der Waals surface area contributed by atoms with E-state index in [1.165, 1.54) is 12.5 Å². The standard InChI is InChI=1S/C9H15NO.H2O/c1-3-8-5-6-10(7-8)9(11)4-2;/h4,8H,2-3,5-7H2,1H3;1H2/t8-;/m0./s1. The molecule has 0 saturated carbocycles. The Bertz CT molecular complexity index is 168. The molecule has 1 aliphatic rings. The maximum absolute atomic E-state index is 11.1. The molecule has 1 saturated heterocycles. The molecule has 3 nitrogen and oxygen atoms in total. The fraction of sp³-hybridized carbons (Fsp3) is 0.667. The van der Waals surface area contributed by atoms with E-state index in [-0.39, 0.29) is 11.4 Å². The van der Waals surface area contributed by atoms with Crippen LogP contribution in [-0.2, 0) is 4.79 Å². The SMILES string of the molecule is C=CC(=O)N1CC[C@H](CC)C1.O. The number of hydrogen-bond donors (Lipinski definition) is 0. The Hall–Kier alpha value is -0.830. The van der Waals surface area contributed by atoms with Crippen molar-refractivity contribution in [2.24, 2.45) is 5.92 Å². The van der Waals surface area contributed by atoms with E-state index in [4.69, 9.17) is 0 Å². The van der Waals surface area contributed by atoms with Crippen molar-refractivity contribution in [3.05, 3.63) is 12.7 Å². The van der Waals surface area contributed by atoms with Crippen molar-refractivity contribution in [1.29, 1.82) is 0 Å². The fourth-order valence-corrected chi connectivity index (χ4v) is 1.50. The molecule has 1 atom stereocenters. The Labute approximate surface area is 73.4 Å². The van der Waals surface area contributed by atoms with Crippen molar-refractivity contribution in [3.8, 4) is 0 Å². The highest BCUT2D eigenvalue weighted by Gasteiger charge is 2.22. The second-order valence-corrected chi connectivity index (χ2v) is 3.05. The Morgan fingerprint density at radius 2 is 2.42 bits per heavy atom. The van der Waals surface area contributed by atoms with Gasteiger partial charge in [0, 0.05) is 13.1 Å². The van der Waals surface area contributed by atoms with Crippen molar-refractivity contribution in [2.75, 3.05) is 13.1 Å². The zero-order valence-corrected chi connectivity index (χ0v) is 7.55. The minimum Gasteiger partial charge on any atom is -0.412 e. The molecule has 12 heavy (non-hydrogen) atoms. The van der Waals surface area contributed by atoms with Gasteiger partial charge >= 0.3 is 0 Å². The second kappa shape index (κ2) is 4.93. The summed E-state index contributed by atoms with van der Waals surface area (Å²) in [6.45, 7) is 7.49. The van der Waals surface area contributed by atoms with Gasteiger partial charge in [0.2, 0.25) is 5.91 Å². The fourth-order valence-electron chi connectivity index (χ4n) is 1.50. The molecular formula is C9H17NO2. The van der Waals surface area contributed by atoms with Crippen LogP contribution < -0.4 is 0 Å². The van der Waals surface area contributed by atoms with E-state index in [0.29, 0.717) is 0 Å². The highest BCUT2D eigenvalue weighted by molar-refractivity contribution is 5.87. The molecular weight excluding hydrogens is 154 g/mol. The highest BCUT2D eigenvalue weighted by atomic mass is 16.2. The Kier molecular flexibility index (Phi) is 4.59. The predicted octanol–water partition coefficient (Wildman–Crippen LogP) is 0.606. The largest absolute Gasteiger partial charge is 0.412 e. The van der Waals surface area contributed by atoms with Gasteiger partial charge in [0.15, 0.2) is 0 Å². The third-order valence-electron chi connectivity index (χ3n) is 2.35. The van der Waals surface area contributed by atoms with Gasteiger partial charge in [0.25, 0.3) is 0 Å². The van der Waals surface area contributed by atoms with Crippen LogP contribution in [0.15, 0.2) is 12.7 Å². The normalized spacial score (nSPS) is 21.8. The maximum Gasteiger partial charge on any atom is 0.245 e. The van der Waals surface area contributed by atoms with E-state index in [1.807, 2.05) is 4.90 Å². The number of likely N-dealkylation sites (tertiary alicyclic amines) is 1. The number of carbonyl (C=O) groups is 1. The lowest BCUT2D eigenvalue weighted by molar-refractivity contribution is -0.125. The lowest BCUT2D eigenvalue weighted by Crippen LogP contribution is -2.26. The highest BCUT2D eigenvalue weighted by Crippen LogP contribution is 2.18. The summed E-state index contributed by atoms with van der Waals surface area (Å²) >= 11 is 0. The average molecular weight is 171 g/mol. The molecule has 0 unspecified atom stereocenters. The second-order valence-electron chi connectivity index (χ2n) is 3.05. The molecule has 0 aromatic heterocycles. The molecule has 0 spiro atoms. The Balaban J connectivity index is 0.00000121. The summed E-state index contributed by atoms with van der Waals surface area (Å²) in [6, 6.07) is 0. The van der Waals surface area contributed by atoms with Crippen LogP contribution >= 0.6 is 0 Å². The molecule has 1 aliphatic heterocycles. The van der Waals surface area contributed by atoms with Crippen molar-refractivity contribution in [2.45, 2.75) is 19.8 Å². The van der Waals surface area contributed by atoms with E-state index in [9.17, 15) is 4.79 Å². The maximum atomic E-state index is 11.1. The third-order valence-corrected chi connectivity index (χ3v) is 2.35. The molecule has 0 aromatic rings. The summed E-state index contributed by atoms with van der Waals surface area (Å²) in [5.41, 5.74) is 0. The summed E-state index contributed by atoms with van der Waals surface area (Å²) in [6.07, 6.45) is 3.75. The first-order valence-electron chi connectivity index (χ1n) is 4.19. The van der Waals surface area contributed by atoms with Gasteiger partial charge in [-0.2, -0.15) is 0 Å². The van der Waals surface area contributed by atoms with E-state index in [2.05, 4.69) is 13.5 Å². The van der Waals surface area contributed by atoms with Gasteiger partial charge in [0.1, 0.15) is 0 Å². The van der Waals surface area contributed by atoms with E-state index in [1.54, 1.807) is 0 Å². The molecule has 1 fully saturated rings. The molecule has 1 heterocycles. The summed E-state index contributed by atoms with van der Waals surface area (Å²) in [5.74, 6) is 0.805. The van der Waals surface area contributed by atoms with Gasteiger partial charge < -0.3 is 10.4 Å². The summed E-state index contributed by atoms with van der Waals surface area (Å²) < 4.78 is 0. The van der Waals surface area contributed by atoms with Crippen molar-refractivity contribution >= 4 is 5.91 Å². The van der Waals surface area contributed by atoms with Crippen LogP contribution in [0, 0.1) is 5.92 Å². The zero-order chi connectivity index (χ0) is 8.27. The summed E-state index contributed by atoms with van der Waals surface area (Å²) in [4.78, 5) is 13.0. The number of rotatable bonds is 2. The Morgan fingerprint density at radius 3 is 2.83 bits per heavy atom. The van der Waals surface area contributed by atoms with Crippen molar-refractivity contribution in [1.82, 2.24) is 4.90 Å². The van der Waals surface area contributed by atoms with Crippen LogP contribution in [0.4, 0.5) is 0 Å². The van der Waals surface area contributed by atoms with Crippen molar-refractivity contribution in [3.63, 3.8) is 0 Å². The predicted molar refractivity (Wildman–Crippen MR) is 48.8 cm³/mol. The quantitative estimate of drug-likeness (QED) is 0.561. The first-order valence-corrected chi connectivity index (χ1v) is 4.19. The van der Waals surface area contributed by atoms with Gasteiger partial charge in [-0.1, -0.05) is 19.9 Å². The third kappa shape index (κ3) is 2.34. The number of amides is 1. The zero-order valence-electron chi connectivity index (χ0n) is 7.55. The first-order chi connectivity index (χ1) is 5.27. The monoisotopic (exact) mass is 171 g/mol. The van der Waals surface area contributed by atoms with Gasteiger partial charge in [-0.15, -0.1) is 0 Å².